The van der Waals surface area contributed by atoms with Crippen molar-refractivity contribution < 1.29 is 19.4 Å². The zero-order valence-electron chi connectivity index (χ0n) is 15.7. The molecule has 3 atom stereocenters. The summed E-state index contributed by atoms with van der Waals surface area (Å²) in [6.07, 6.45) is -0.844. The molecule has 1 heterocycles. The summed E-state index contributed by atoms with van der Waals surface area (Å²) >= 11 is 0. The van der Waals surface area contributed by atoms with Crippen molar-refractivity contribution in [2.45, 2.75) is 32.4 Å². The maximum absolute atomic E-state index is 13.2. The average molecular weight is 367 g/mol. The molecule has 0 aliphatic carbocycles. The van der Waals surface area contributed by atoms with Gasteiger partial charge in [-0.25, -0.2) is 0 Å². The van der Waals surface area contributed by atoms with Crippen LogP contribution >= 0.6 is 0 Å². The summed E-state index contributed by atoms with van der Waals surface area (Å²) < 4.78 is 5.18. The third-order valence-corrected chi connectivity index (χ3v) is 4.98. The van der Waals surface area contributed by atoms with Crippen LogP contribution < -0.4 is 0 Å². The van der Waals surface area contributed by atoms with Crippen molar-refractivity contribution in [3.8, 4) is 0 Å². The van der Waals surface area contributed by atoms with Gasteiger partial charge < -0.3 is 14.7 Å². The van der Waals surface area contributed by atoms with Crippen molar-refractivity contribution in [1.82, 2.24) is 4.90 Å². The van der Waals surface area contributed by atoms with Gasteiger partial charge >= 0.3 is 5.97 Å². The Hall–Kier alpha value is -2.66. The van der Waals surface area contributed by atoms with Crippen LogP contribution in [0, 0.1) is 12.8 Å². The van der Waals surface area contributed by atoms with E-state index in [4.69, 9.17) is 4.74 Å². The van der Waals surface area contributed by atoms with Gasteiger partial charge in [0.1, 0.15) is 5.92 Å². The minimum absolute atomic E-state index is 0.183. The van der Waals surface area contributed by atoms with Crippen molar-refractivity contribution in [1.29, 1.82) is 0 Å². The molecule has 1 amide bonds. The molecule has 2 aromatic carbocycles. The fourth-order valence-corrected chi connectivity index (χ4v) is 3.63. The van der Waals surface area contributed by atoms with Crippen molar-refractivity contribution in [2.75, 3.05) is 13.2 Å². The fourth-order valence-electron chi connectivity index (χ4n) is 3.63. The first-order valence-corrected chi connectivity index (χ1v) is 9.25. The van der Waals surface area contributed by atoms with E-state index in [1.165, 1.54) is 0 Å². The number of piperidine rings is 1. The molecule has 142 valence electrons. The molecule has 27 heavy (non-hydrogen) atoms. The van der Waals surface area contributed by atoms with E-state index in [2.05, 4.69) is 0 Å². The molecule has 0 unspecified atom stereocenters. The lowest BCUT2D eigenvalue weighted by atomic mass is 9.77. The van der Waals surface area contributed by atoms with Gasteiger partial charge in [0.15, 0.2) is 0 Å². The second-order valence-corrected chi connectivity index (χ2v) is 6.94. The first kappa shape index (κ1) is 19.1. The number of amides is 1. The number of β-amino-alcohol motifs (C(OH)–C–C–N with tert-alkyl or cyclic N) is 1. The summed E-state index contributed by atoms with van der Waals surface area (Å²) in [5, 5.41) is 10.8. The van der Waals surface area contributed by atoms with Crippen LogP contribution in [-0.4, -0.2) is 41.1 Å². The predicted octanol–water partition coefficient (Wildman–Crippen LogP) is 2.66. The SMILES string of the molecule is CCOC(=O)[C@@H]1C(=O)N(Cc2ccccc2)C[C@@H](O)[C@H]1c1ccc(C)cc1. The summed E-state index contributed by atoms with van der Waals surface area (Å²) in [7, 11) is 0. The lowest BCUT2D eigenvalue weighted by Gasteiger charge is -2.40. The van der Waals surface area contributed by atoms with Crippen LogP contribution in [0.5, 0.6) is 0 Å². The minimum atomic E-state index is -1.04. The number of carbonyl (C=O) groups is 2. The third kappa shape index (κ3) is 4.19. The highest BCUT2D eigenvalue weighted by Gasteiger charge is 2.47. The Morgan fingerprint density at radius 1 is 1.15 bits per heavy atom. The third-order valence-electron chi connectivity index (χ3n) is 4.98. The smallest absolute Gasteiger partial charge is 0.319 e. The number of aryl methyl sites for hydroxylation is 1. The summed E-state index contributed by atoms with van der Waals surface area (Å²) in [6.45, 7) is 4.41. The largest absolute Gasteiger partial charge is 0.465 e. The van der Waals surface area contributed by atoms with Crippen LogP contribution in [-0.2, 0) is 20.9 Å². The van der Waals surface area contributed by atoms with E-state index in [0.29, 0.717) is 6.54 Å². The molecule has 1 aliphatic heterocycles. The Kier molecular flexibility index (Phi) is 5.91. The van der Waals surface area contributed by atoms with Gasteiger partial charge in [0.05, 0.1) is 12.7 Å². The van der Waals surface area contributed by atoms with Gasteiger partial charge in [-0.2, -0.15) is 0 Å². The van der Waals surface area contributed by atoms with E-state index in [0.717, 1.165) is 16.7 Å². The number of benzene rings is 2. The van der Waals surface area contributed by atoms with Crippen molar-refractivity contribution in [2.24, 2.45) is 5.92 Å². The van der Waals surface area contributed by atoms with Gasteiger partial charge in [-0.3, -0.25) is 9.59 Å². The van der Waals surface area contributed by atoms with Crippen molar-refractivity contribution >= 4 is 11.9 Å². The molecule has 1 N–H and O–H groups in total. The maximum atomic E-state index is 13.2. The van der Waals surface area contributed by atoms with Gasteiger partial charge in [-0.1, -0.05) is 60.2 Å². The molecular weight excluding hydrogens is 342 g/mol. The summed E-state index contributed by atoms with van der Waals surface area (Å²) in [4.78, 5) is 27.3. The van der Waals surface area contributed by atoms with Gasteiger partial charge in [-0.05, 0) is 25.0 Å². The number of aliphatic hydroxyl groups is 1. The average Bonchev–Trinajstić information content (AvgIpc) is 2.66. The van der Waals surface area contributed by atoms with Crippen molar-refractivity contribution in [3.05, 3.63) is 71.3 Å². The zero-order chi connectivity index (χ0) is 19.4. The highest BCUT2D eigenvalue weighted by atomic mass is 16.5. The normalized spacial score (nSPS) is 22.6. The first-order chi connectivity index (χ1) is 13.0. The molecule has 1 saturated heterocycles. The topological polar surface area (TPSA) is 66.8 Å². The number of likely N-dealkylation sites (tertiary alicyclic amines) is 1. The van der Waals surface area contributed by atoms with Gasteiger partial charge in [0.25, 0.3) is 0 Å². The number of rotatable bonds is 5. The highest BCUT2D eigenvalue weighted by Crippen LogP contribution is 2.36. The molecule has 0 bridgehead atoms. The second-order valence-electron chi connectivity index (χ2n) is 6.94. The number of ether oxygens (including phenoxy) is 1. The van der Waals surface area contributed by atoms with E-state index in [1.54, 1.807) is 11.8 Å². The number of aliphatic hydroxyl groups excluding tert-OH is 1. The number of esters is 1. The zero-order valence-corrected chi connectivity index (χ0v) is 15.7. The predicted molar refractivity (Wildman–Crippen MR) is 102 cm³/mol. The second kappa shape index (κ2) is 8.35. The minimum Gasteiger partial charge on any atom is -0.465 e. The van der Waals surface area contributed by atoms with Crippen LogP contribution in [0.25, 0.3) is 0 Å². The molecule has 1 aliphatic rings. The summed E-state index contributed by atoms with van der Waals surface area (Å²) in [5.74, 6) is -2.53. The summed E-state index contributed by atoms with van der Waals surface area (Å²) in [6, 6.07) is 17.1. The van der Waals surface area contributed by atoms with Gasteiger partial charge in [0.2, 0.25) is 5.91 Å². The van der Waals surface area contributed by atoms with Crippen LogP contribution in [0.15, 0.2) is 54.6 Å². The van der Waals surface area contributed by atoms with E-state index in [-0.39, 0.29) is 19.1 Å². The van der Waals surface area contributed by atoms with Crippen LogP contribution in [0.2, 0.25) is 0 Å². The fraction of sp³-hybridized carbons (Fsp3) is 0.364. The van der Waals surface area contributed by atoms with Gasteiger partial charge in [-0.15, -0.1) is 0 Å². The molecule has 0 radical (unpaired) electrons. The van der Waals surface area contributed by atoms with Crippen molar-refractivity contribution in [3.63, 3.8) is 0 Å². The number of hydrogen-bond donors (Lipinski definition) is 1. The molecule has 5 heteroatoms. The first-order valence-electron chi connectivity index (χ1n) is 9.25. The molecule has 1 fully saturated rings. The molecular formula is C22H25NO4. The van der Waals surface area contributed by atoms with E-state index < -0.39 is 23.9 Å². The Balaban J connectivity index is 1.92. The van der Waals surface area contributed by atoms with E-state index in [9.17, 15) is 14.7 Å². The number of hydrogen-bond acceptors (Lipinski definition) is 4. The van der Waals surface area contributed by atoms with Crippen LogP contribution in [0.3, 0.4) is 0 Å². The highest BCUT2D eigenvalue weighted by molar-refractivity contribution is 5.99. The standard InChI is InChI=1S/C22H25NO4/c1-3-27-22(26)20-19(17-11-9-15(2)10-12-17)18(24)14-23(21(20)25)13-16-7-5-4-6-8-16/h4-12,18-20,24H,3,13-14H2,1-2H3/t18-,19-,20+/m1/s1. The Morgan fingerprint density at radius 3 is 2.44 bits per heavy atom. The molecule has 3 rings (SSSR count). The molecule has 0 saturated carbocycles. The number of nitrogens with zero attached hydrogens (tertiary/aromatic N) is 1. The maximum Gasteiger partial charge on any atom is 0.319 e. The van der Waals surface area contributed by atoms with E-state index >= 15 is 0 Å². The quantitative estimate of drug-likeness (QED) is 0.652. The molecule has 5 nitrogen and oxygen atoms in total. The van der Waals surface area contributed by atoms with Crippen LogP contribution in [0.1, 0.15) is 29.5 Å². The Labute approximate surface area is 159 Å². The summed E-state index contributed by atoms with van der Waals surface area (Å²) in [5.41, 5.74) is 2.81. The van der Waals surface area contributed by atoms with Crippen LogP contribution in [0.4, 0.5) is 0 Å². The monoisotopic (exact) mass is 367 g/mol. The lowest BCUT2D eigenvalue weighted by molar-refractivity contribution is -0.163. The lowest BCUT2D eigenvalue weighted by Crippen LogP contribution is -2.54. The number of carbonyl (C=O) groups excluding carboxylic acids is 2. The molecule has 0 aromatic heterocycles. The van der Waals surface area contributed by atoms with Gasteiger partial charge in [0, 0.05) is 19.0 Å². The molecule has 0 spiro atoms. The Bertz CT molecular complexity index is 788. The molecule has 2 aromatic rings. The van der Waals surface area contributed by atoms with E-state index in [1.807, 2.05) is 61.5 Å². The Morgan fingerprint density at radius 2 is 1.81 bits per heavy atom.